The highest BCUT2D eigenvalue weighted by atomic mass is 16.5. The lowest BCUT2D eigenvalue weighted by molar-refractivity contribution is -0.142. The fourth-order valence-electron chi connectivity index (χ4n) is 3.38. The molecule has 5 heteroatoms. The van der Waals surface area contributed by atoms with Crippen LogP contribution in [-0.4, -0.2) is 47.4 Å². The molecule has 0 radical (unpaired) electrons. The van der Waals surface area contributed by atoms with Crippen LogP contribution in [0.25, 0.3) is 0 Å². The highest BCUT2D eigenvalue weighted by Gasteiger charge is 2.35. The molecule has 1 aromatic rings. The van der Waals surface area contributed by atoms with Crippen LogP contribution in [0.15, 0.2) is 24.3 Å². The third-order valence-corrected chi connectivity index (χ3v) is 4.94. The fraction of sp³-hybridized carbons (Fsp3) is 0.600. The highest BCUT2D eigenvalue weighted by Crippen LogP contribution is 2.35. The molecule has 2 amide bonds. The lowest BCUT2D eigenvalue weighted by atomic mass is 10.0. The number of nitrogens with zero attached hydrogens (tertiary/aromatic N) is 2. The number of carbonyl (C=O) groups is 2. The minimum Gasteiger partial charge on any atom is -0.491 e. The van der Waals surface area contributed by atoms with E-state index in [1.54, 1.807) is 6.92 Å². The van der Waals surface area contributed by atoms with E-state index >= 15 is 0 Å². The Morgan fingerprint density at radius 3 is 2.40 bits per heavy atom. The van der Waals surface area contributed by atoms with Crippen molar-refractivity contribution in [2.45, 2.75) is 52.2 Å². The van der Waals surface area contributed by atoms with Crippen molar-refractivity contribution in [3.05, 3.63) is 29.8 Å². The van der Waals surface area contributed by atoms with E-state index in [2.05, 4.69) is 0 Å². The van der Waals surface area contributed by atoms with Crippen molar-refractivity contribution in [2.75, 3.05) is 19.6 Å². The lowest BCUT2D eigenvalue weighted by Crippen LogP contribution is -2.51. The molecule has 2 aliphatic rings. The normalized spacial score (nSPS) is 20.7. The predicted molar refractivity (Wildman–Crippen MR) is 96.3 cm³/mol. The molecule has 136 valence electrons. The second-order valence-corrected chi connectivity index (χ2v) is 7.45. The van der Waals surface area contributed by atoms with E-state index in [4.69, 9.17) is 4.74 Å². The van der Waals surface area contributed by atoms with E-state index in [0.717, 1.165) is 11.3 Å². The van der Waals surface area contributed by atoms with Crippen LogP contribution in [0.1, 0.15) is 51.6 Å². The lowest BCUT2D eigenvalue weighted by Gasteiger charge is -2.41. The van der Waals surface area contributed by atoms with Crippen molar-refractivity contribution in [1.82, 2.24) is 9.80 Å². The SMILES string of the molecule is CC(=O)N1CCN(C(=O)CC2CC2)C(c2ccc(OC(C)C)cc2)C1. The van der Waals surface area contributed by atoms with E-state index in [9.17, 15) is 9.59 Å². The van der Waals surface area contributed by atoms with Crippen LogP contribution >= 0.6 is 0 Å². The highest BCUT2D eigenvalue weighted by molar-refractivity contribution is 5.78. The molecule has 1 aromatic carbocycles. The van der Waals surface area contributed by atoms with Crippen LogP contribution in [0.2, 0.25) is 0 Å². The summed E-state index contributed by atoms with van der Waals surface area (Å²) < 4.78 is 5.71. The van der Waals surface area contributed by atoms with Crippen LogP contribution in [0, 0.1) is 5.92 Å². The molecular weight excluding hydrogens is 316 g/mol. The molecule has 1 saturated carbocycles. The summed E-state index contributed by atoms with van der Waals surface area (Å²) in [5.41, 5.74) is 1.06. The Morgan fingerprint density at radius 2 is 1.84 bits per heavy atom. The number of ether oxygens (including phenoxy) is 1. The van der Waals surface area contributed by atoms with Crippen LogP contribution in [0.4, 0.5) is 0 Å². The maximum atomic E-state index is 12.7. The zero-order valence-corrected chi connectivity index (χ0v) is 15.4. The predicted octanol–water partition coefficient (Wildman–Crippen LogP) is 3.01. The van der Waals surface area contributed by atoms with Gasteiger partial charge in [-0.1, -0.05) is 12.1 Å². The minimum absolute atomic E-state index is 0.0686. The van der Waals surface area contributed by atoms with Crippen LogP contribution in [-0.2, 0) is 9.59 Å². The van der Waals surface area contributed by atoms with E-state index < -0.39 is 0 Å². The van der Waals surface area contributed by atoms with Gasteiger partial charge in [0, 0.05) is 33.0 Å². The molecule has 0 N–H and O–H groups in total. The maximum absolute atomic E-state index is 12.7. The second kappa shape index (κ2) is 7.46. The van der Waals surface area contributed by atoms with Gasteiger partial charge in [-0.05, 0) is 50.3 Å². The molecule has 0 aromatic heterocycles. The van der Waals surface area contributed by atoms with Crippen molar-refractivity contribution in [3.8, 4) is 5.75 Å². The largest absolute Gasteiger partial charge is 0.491 e. The second-order valence-electron chi connectivity index (χ2n) is 7.45. The van der Waals surface area contributed by atoms with E-state index in [1.165, 1.54) is 12.8 Å². The van der Waals surface area contributed by atoms with Crippen LogP contribution < -0.4 is 4.74 Å². The standard InChI is InChI=1S/C20H28N2O3/c1-14(2)25-18-8-6-17(7-9-18)19-13-21(15(3)23)10-11-22(19)20(24)12-16-4-5-16/h6-9,14,16,19H,4-5,10-13H2,1-3H3. The molecule has 25 heavy (non-hydrogen) atoms. The first-order chi connectivity index (χ1) is 11.9. The van der Waals surface area contributed by atoms with Crippen molar-refractivity contribution in [1.29, 1.82) is 0 Å². The quantitative estimate of drug-likeness (QED) is 0.825. The number of amides is 2. The minimum atomic E-state index is -0.0722. The smallest absolute Gasteiger partial charge is 0.223 e. The molecule has 0 spiro atoms. The number of hydrogen-bond acceptors (Lipinski definition) is 3. The Hall–Kier alpha value is -2.04. The number of hydrogen-bond donors (Lipinski definition) is 0. The van der Waals surface area contributed by atoms with E-state index in [-0.39, 0.29) is 24.0 Å². The van der Waals surface area contributed by atoms with Gasteiger partial charge in [-0.15, -0.1) is 0 Å². The molecule has 3 rings (SSSR count). The summed E-state index contributed by atoms with van der Waals surface area (Å²) in [7, 11) is 0. The first-order valence-corrected chi connectivity index (χ1v) is 9.25. The third-order valence-electron chi connectivity index (χ3n) is 4.94. The topological polar surface area (TPSA) is 49.9 Å². The van der Waals surface area contributed by atoms with Gasteiger partial charge in [0.25, 0.3) is 0 Å². The van der Waals surface area contributed by atoms with Crippen LogP contribution in [0.3, 0.4) is 0 Å². The average molecular weight is 344 g/mol. The van der Waals surface area contributed by atoms with Gasteiger partial charge < -0.3 is 14.5 Å². The van der Waals surface area contributed by atoms with Crippen molar-refractivity contribution < 1.29 is 14.3 Å². The van der Waals surface area contributed by atoms with Gasteiger partial charge in [-0.25, -0.2) is 0 Å². The molecular formula is C20H28N2O3. The molecule has 1 atom stereocenters. The summed E-state index contributed by atoms with van der Waals surface area (Å²) in [5, 5.41) is 0. The average Bonchev–Trinajstić information content (AvgIpc) is 3.38. The monoisotopic (exact) mass is 344 g/mol. The first-order valence-electron chi connectivity index (χ1n) is 9.25. The first kappa shape index (κ1) is 17.8. The molecule has 1 unspecified atom stereocenters. The summed E-state index contributed by atoms with van der Waals surface area (Å²) in [6, 6.07) is 7.86. The van der Waals surface area contributed by atoms with Crippen molar-refractivity contribution >= 4 is 11.8 Å². The molecule has 0 bridgehead atoms. The van der Waals surface area contributed by atoms with Crippen molar-refractivity contribution in [2.24, 2.45) is 5.92 Å². The van der Waals surface area contributed by atoms with E-state index in [0.29, 0.717) is 32.0 Å². The zero-order valence-electron chi connectivity index (χ0n) is 15.4. The van der Waals surface area contributed by atoms with Gasteiger partial charge in [0.1, 0.15) is 5.75 Å². The van der Waals surface area contributed by atoms with Crippen molar-refractivity contribution in [3.63, 3.8) is 0 Å². The molecule has 1 aliphatic heterocycles. The van der Waals surface area contributed by atoms with Gasteiger partial charge in [-0.3, -0.25) is 9.59 Å². The Morgan fingerprint density at radius 1 is 1.16 bits per heavy atom. The molecule has 2 fully saturated rings. The number of rotatable bonds is 5. The number of carbonyl (C=O) groups excluding carboxylic acids is 2. The molecule has 5 nitrogen and oxygen atoms in total. The van der Waals surface area contributed by atoms with E-state index in [1.807, 2.05) is 47.9 Å². The molecule has 1 saturated heterocycles. The van der Waals surface area contributed by atoms with Gasteiger partial charge in [-0.2, -0.15) is 0 Å². The zero-order chi connectivity index (χ0) is 18.0. The third kappa shape index (κ3) is 4.53. The number of piperazine rings is 1. The molecule has 1 heterocycles. The summed E-state index contributed by atoms with van der Waals surface area (Å²) in [6.07, 6.45) is 3.12. The Labute approximate surface area is 149 Å². The summed E-state index contributed by atoms with van der Waals surface area (Å²) in [4.78, 5) is 28.3. The summed E-state index contributed by atoms with van der Waals surface area (Å²) in [5.74, 6) is 1.69. The number of benzene rings is 1. The Kier molecular flexibility index (Phi) is 5.30. The van der Waals surface area contributed by atoms with Gasteiger partial charge in [0.2, 0.25) is 11.8 Å². The van der Waals surface area contributed by atoms with Gasteiger partial charge in [0.15, 0.2) is 0 Å². The Balaban J connectivity index is 1.78. The molecule has 1 aliphatic carbocycles. The fourth-order valence-corrected chi connectivity index (χ4v) is 3.38. The van der Waals surface area contributed by atoms with Crippen LogP contribution in [0.5, 0.6) is 5.75 Å². The summed E-state index contributed by atoms with van der Waals surface area (Å²) in [6.45, 7) is 7.39. The Bertz CT molecular complexity index is 622. The van der Waals surface area contributed by atoms with Gasteiger partial charge >= 0.3 is 0 Å². The van der Waals surface area contributed by atoms with Gasteiger partial charge in [0.05, 0.1) is 12.1 Å². The summed E-state index contributed by atoms with van der Waals surface area (Å²) >= 11 is 0. The maximum Gasteiger partial charge on any atom is 0.223 e.